The summed E-state index contributed by atoms with van der Waals surface area (Å²) in [5.74, 6) is -0.557. The van der Waals surface area contributed by atoms with Crippen molar-refractivity contribution < 1.29 is 17.9 Å². The molecule has 1 saturated heterocycles. The fourth-order valence-corrected chi connectivity index (χ4v) is 4.54. The first-order valence-corrected chi connectivity index (χ1v) is 10.5. The van der Waals surface area contributed by atoms with E-state index in [1.54, 1.807) is 18.2 Å². The van der Waals surface area contributed by atoms with Crippen LogP contribution >= 0.6 is 23.2 Å². The minimum Gasteiger partial charge on any atom is -0.379 e. The molecule has 28 heavy (non-hydrogen) atoms. The second kappa shape index (κ2) is 9.02. The van der Waals surface area contributed by atoms with E-state index in [2.05, 4.69) is 10.5 Å². The first-order valence-electron chi connectivity index (χ1n) is 8.35. The van der Waals surface area contributed by atoms with Gasteiger partial charge in [0.1, 0.15) is 0 Å². The summed E-state index contributed by atoms with van der Waals surface area (Å²) in [6.45, 7) is 1.25. The number of ether oxygens (including phenoxy) is 1. The summed E-state index contributed by atoms with van der Waals surface area (Å²) in [7, 11) is -3.69. The van der Waals surface area contributed by atoms with Gasteiger partial charge in [-0.3, -0.25) is 4.79 Å². The average molecular weight is 442 g/mol. The molecule has 0 saturated carbocycles. The van der Waals surface area contributed by atoms with Crippen molar-refractivity contribution in [2.45, 2.75) is 4.90 Å². The number of halogens is 2. The number of benzene rings is 2. The lowest BCUT2D eigenvalue weighted by Gasteiger charge is -2.26. The Hall–Kier alpha value is -1.97. The van der Waals surface area contributed by atoms with Crippen LogP contribution in [0.1, 0.15) is 15.9 Å². The van der Waals surface area contributed by atoms with Gasteiger partial charge in [-0.25, -0.2) is 13.8 Å². The Labute approximate surface area is 172 Å². The van der Waals surface area contributed by atoms with Gasteiger partial charge in [-0.1, -0.05) is 35.3 Å². The number of carbonyl (C=O) groups excluding carboxylic acids is 1. The van der Waals surface area contributed by atoms with E-state index >= 15 is 0 Å². The molecule has 0 aliphatic carbocycles. The van der Waals surface area contributed by atoms with Crippen LogP contribution in [-0.2, 0) is 14.8 Å². The first-order chi connectivity index (χ1) is 13.4. The summed E-state index contributed by atoms with van der Waals surface area (Å²) < 4.78 is 32.0. The Kier molecular flexibility index (Phi) is 6.69. The van der Waals surface area contributed by atoms with Gasteiger partial charge in [0.25, 0.3) is 5.91 Å². The summed E-state index contributed by atoms with van der Waals surface area (Å²) >= 11 is 12.1. The topological polar surface area (TPSA) is 88.1 Å². The number of morpholine rings is 1. The zero-order valence-electron chi connectivity index (χ0n) is 14.6. The number of amides is 1. The maximum atomic E-state index is 12.7. The van der Waals surface area contributed by atoms with Crippen LogP contribution < -0.4 is 5.43 Å². The molecule has 1 fully saturated rings. The molecule has 3 rings (SSSR count). The van der Waals surface area contributed by atoms with Gasteiger partial charge >= 0.3 is 0 Å². The van der Waals surface area contributed by atoms with Gasteiger partial charge in [-0.2, -0.15) is 9.41 Å². The molecule has 0 spiro atoms. The van der Waals surface area contributed by atoms with Crippen LogP contribution in [0.2, 0.25) is 10.0 Å². The quantitative estimate of drug-likeness (QED) is 0.570. The molecule has 0 atom stereocenters. The molecule has 1 amide bonds. The second-order valence-electron chi connectivity index (χ2n) is 5.88. The Morgan fingerprint density at radius 1 is 1.11 bits per heavy atom. The lowest BCUT2D eigenvalue weighted by atomic mass is 10.2. The van der Waals surface area contributed by atoms with Gasteiger partial charge in [0, 0.05) is 24.2 Å². The zero-order chi connectivity index (χ0) is 20.1. The summed E-state index contributed by atoms with van der Waals surface area (Å²) in [5, 5.41) is 4.64. The van der Waals surface area contributed by atoms with Crippen LogP contribution in [-0.4, -0.2) is 51.1 Å². The highest BCUT2D eigenvalue weighted by Gasteiger charge is 2.26. The van der Waals surface area contributed by atoms with Crippen molar-refractivity contribution in [2.75, 3.05) is 26.3 Å². The molecule has 10 heteroatoms. The molecule has 148 valence electrons. The minimum atomic E-state index is -3.69. The van der Waals surface area contributed by atoms with E-state index in [0.717, 1.165) is 0 Å². The van der Waals surface area contributed by atoms with Crippen molar-refractivity contribution >= 4 is 45.3 Å². The molecule has 2 aromatic rings. The number of nitrogens with zero attached hydrogens (tertiary/aromatic N) is 2. The fraction of sp³-hybridized carbons (Fsp3) is 0.222. The van der Waals surface area contributed by atoms with Gasteiger partial charge in [0.2, 0.25) is 10.0 Å². The van der Waals surface area contributed by atoms with Crippen molar-refractivity contribution in [2.24, 2.45) is 5.10 Å². The predicted octanol–water partition coefficient (Wildman–Crippen LogP) is 2.78. The SMILES string of the molecule is O=C(N/N=C\c1c(Cl)cccc1Cl)c1cccc(S(=O)(=O)N2CCOCC2)c1. The third-order valence-corrected chi connectivity index (χ3v) is 6.62. The molecule has 0 bridgehead atoms. The average Bonchev–Trinajstić information content (AvgIpc) is 2.71. The van der Waals surface area contributed by atoms with Gasteiger partial charge < -0.3 is 4.74 Å². The predicted molar refractivity (Wildman–Crippen MR) is 108 cm³/mol. The van der Waals surface area contributed by atoms with E-state index in [4.69, 9.17) is 27.9 Å². The van der Waals surface area contributed by atoms with Gasteiger partial charge in [-0.05, 0) is 30.3 Å². The molecule has 2 aromatic carbocycles. The Bertz CT molecular complexity index is 985. The number of nitrogens with one attached hydrogen (secondary N) is 1. The van der Waals surface area contributed by atoms with Crippen LogP contribution in [0, 0.1) is 0 Å². The molecule has 0 radical (unpaired) electrons. The minimum absolute atomic E-state index is 0.0418. The molecule has 1 N–H and O–H groups in total. The number of sulfonamides is 1. The van der Waals surface area contributed by atoms with E-state index in [1.165, 1.54) is 34.8 Å². The smallest absolute Gasteiger partial charge is 0.271 e. The largest absolute Gasteiger partial charge is 0.379 e. The summed E-state index contributed by atoms with van der Waals surface area (Å²) in [5.41, 5.74) is 2.98. The standard InChI is InChI=1S/C18H17Cl2N3O4S/c19-16-5-2-6-17(20)15(16)12-21-22-18(24)13-3-1-4-14(11-13)28(25,26)23-7-9-27-10-8-23/h1-6,11-12H,7-10H2,(H,22,24)/b21-12-. The van der Waals surface area contributed by atoms with Gasteiger partial charge in [0.05, 0.1) is 34.4 Å². The summed E-state index contributed by atoms with van der Waals surface area (Å²) in [4.78, 5) is 12.4. The molecule has 1 aliphatic heterocycles. The molecule has 0 aromatic heterocycles. The maximum absolute atomic E-state index is 12.7. The zero-order valence-corrected chi connectivity index (χ0v) is 17.0. The third kappa shape index (κ3) is 4.71. The Morgan fingerprint density at radius 2 is 1.75 bits per heavy atom. The Balaban J connectivity index is 1.74. The van der Waals surface area contributed by atoms with Crippen LogP contribution in [0.5, 0.6) is 0 Å². The van der Waals surface area contributed by atoms with E-state index in [-0.39, 0.29) is 23.5 Å². The molecular weight excluding hydrogens is 425 g/mol. The second-order valence-corrected chi connectivity index (χ2v) is 8.63. The lowest BCUT2D eigenvalue weighted by Crippen LogP contribution is -2.40. The monoisotopic (exact) mass is 441 g/mol. The van der Waals surface area contributed by atoms with Crippen molar-refractivity contribution in [3.63, 3.8) is 0 Å². The van der Waals surface area contributed by atoms with Crippen molar-refractivity contribution in [3.8, 4) is 0 Å². The number of hydrogen-bond acceptors (Lipinski definition) is 5. The van der Waals surface area contributed by atoms with Crippen molar-refractivity contribution in [1.29, 1.82) is 0 Å². The van der Waals surface area contributed by atoms with E-state index in [1.807, 2.05) is 0 Å². The maximum Gasteiger partial charge on any atom is 0.271 e. The number of carbonyl (C=O) groups is 1. The van der Waals surface area contributed by atoms with Crippen LogP contribution in [0.3, 0.4) is 0 Å². The highest BCUT2D eigenvalue weighted by Crippen LogP contribution is 2.22. The normalized spacial score (nSPS) is 15.6. The van der Waals surface area contributed by atoms with E-state index in [0.29, 0.717) is 28.8 Å². The van der Waals surface area contributed by atoms with Crippen LogP contribution in [0.25, 0.3) is 0 Å². The molecular formula is C18H17Cl2N3O4S. The third-order valence-electron chi connectivity index (χ3n) is 4.06. The van der Waals surface area contributed by atoms with Crippen molar-refractivity contribution in [1.82, 2.24) is 9.73 Å². The van der Waals surface area contributed by atoms with Gasteiger partial charge in [-0.15, -0.1) is 0 Å². The fourth-order valence-electron chi connectivity index (χ4n) is 2.59. The van der Waals surface area contributed by atoms with E-state index in [9.17, 15) is 13.2 Å². The molecule has 0 unspecified atom stereocenters. The van der Waals surface area contributed by atoms with Crippen LogP contribution in [0.4, 0.5) is 0 Å². The molecule has 1 aliphatic rings. The highest BCUT2D eigenvalue weighted by atomic mass is 35.5. The summed E-state index contributed by atoms with van der Waals surface area (Å²) in [6.07, 6.45) is 1.33. The first kappa shape index (κ1) is 20.8. The number of rotatable bonds is 5. The van der Waals surface area contributed by atoms with Crippen LogP contribution in [0.15, 0.2) is 52.5 Å². The van der Waals surface area contributed by atoms with E-state index < -0.39 is 15.9 Å². The lowest BCUT2D eigenvalue weighted by molar-refractivity contribution is 0.0730. The summed E-state index contributed by atoms with van der Waals surface area (Å²) in [6, 6.07) is 10.8. The number of hydrogen-bond donors (Lipinski definition) is 1. The molecule has 7 nitrogen and oxygen atoms in total. The van der Waals surface area contributed by atoms with Crippen molar-refractivity contribution in [3.05, 3.63) is 63.6 Å². The number of hydrazone groups is 1. The Morgan fingerprint density at radius 3 is 2.43 bits per heavy atom. The highest BCUT2D eigenvalue weighted by molar-refractivity contribution is 7.89. The van der Waals surface area contributed by atoms with Gasteiger partial charge in [0.15, 0.2) is 0 Å². The molecule has 1 heterocycles.